The van der Waals surface area contributed by atoms with Gasteiger partial charge in [-0.1, -0.05) is 103 Å². The Kier molecular flexibility index (Phi) is 5.37. The highest BCUT2D eigenvalue weighted by Gasteiger charge is 2.20. The average Bonchev–Trinajstić information content (AvgIpc) is 2.93. The van der Waals surface area contributed by atoms with Crippen molar-refractivity contribution >= 4 is 29.8 Å². The minimum Gasteiger partial charge on any atom is -0.522 e. The summed E-state index contributed by atoms with van der Waals surface area (Å²) in [6.07, 6.45) is 0. The predicted octanol–water partition coefficient (Wildman–Crippen LogP) is 5.48. The molecule has 165 valence electrons. The summed E-state index contributed by atoms with van der Waals surface area (Å²) in [4.78, 5) is 19.2. The van der Waals surface area contributed by atoms with E-state index in [4.69, 9.17) is 19.6 Å². The van der Waals surface area contributed by atoms with Crippen LogP contribution in [-0.2, 0) is 0 Å². The summed E-state index contributed by atoms with van der Waals surface area (Å²) >= 11 is 0. The van der Waals surface area contributed by atoms with Crippen LogP contribution in [0.5, 0.6) is 5.88 Å². The first-order chi connectivity index (χ1) is 17.3. The molecule has 2 heterocycles. The zero-order chi connectivity index (χ0) is 23.6. The molecule has 4 aromatic carbocycles. The largest absolute Gasteiger partial charge is 0.570 e. The van der Waals surface area contributed by atoms with E-state index in [1.165, 1.54) is 0 Å². The molecule has 35 heavy (non-hydrogen) atoms. The normalized spacial score (nSPS) is 11.0. The third-order valence-electron chi connectivity index (χ3n) is 5.79. The lowest BCUT2D eigenvalue weighted by atomic mass is 10.0. The van der Waals surface area contributed by atoms with Crippen LogP contribution in [-0.4, -0.2) is 32.6 Å². The molecule has 6 aromatic rings. The van der Waals surface area contributed by atoms with E-state index >= 15 is 0 Å². The first-order valence-corrected chi connectivity index (χ1v) is 11.1. The van der Waals surface area contributed by atoms with Crippen molar-refractivity contribution in [1.82, 2.24) is 19.9 Å². The molecule has 0 bridgehead atoms. The lowest BCUT2D eigenvalue weighted by molar-refractivity contribution is 0.444. The summed E-state index contributed by atoms with van der Waals surface area (Å²) in [5.41, 5.74) is 5.25. The molecule has 0 fully saturated rings. The maximum Gasteiger partial charge on any atom is 0.570 e. The molecule has 2 aromatic heterocycles. The molecule has 0 spiro atoms. The molecule has 1 N–H and O–H groups in total. The summed E-state index contributed by atoms with van der Waals surface area (Å²) in [6, 6.07) is 33.7. The molecule has 0 saturated heterocycles. The van der Waals surface area contributed by atoms with E-state index in [1.54, 1.807) is 0 Å². The van der Waals surface area contributed by atoms with Crippen molar-refractivity contribution in [3.63, 3.8) is 0 Å². The number of hydrogen-bond donors (Lipinski definition) is 1. The number of fused-ring (bicyclic) bond motifs is 2. The second kappa shape index (κ2) is 8.97. The second-order valence-electron chi connectivity index (χ2n) is 7.93. The highest BCUT2D eigenvalue weighted by molar-refractivity contribution is 6.17. The topological polar surface area (TPSA) is 81.0 Å². The van der Waals surface area contributed by atoms with E-state index in [9.17, 15) is 5.02 Å². The molecule has 1 radical (unpaired) electrons. The van der Waals surface area contributed by atoms with E-state index in [2.05, 4.69) is 4.98 Å². The molecule has 6 nitrogen and oxygen atoms in total. The fourth-order valence-electron chi connectivity index (χ4n) is 4.20. The van der Waals surface area contributed by atoms with Gasteiger partial charge >= 0.3 is 7.69 Å². The van der Waals surface area contributed by atoms with Crippen LogP contribution >= 0.6 is 0 Å². The maximum absolute atomic E-state index is 9.45. The molecule has 7 heteroatoms. The fourth-order valence-corrected chi connectivity index (χ4v) is 4.20. The van der Waals surface area contributed by atoms with Crippen LogP contribution in [0.15, 0.2) is 103 Å². The highest BCUT2D eigenvalue weighted by Crippen LogP contribution is 2.35. The quantitative estimate of drug-likeness (QED) is 0.348. The van der Waals surface area contributed by atoms with E-state index in [0.717, 1.165) is 27.5 Å². The van der Waals surface area contributed by atoms with Gasteiger partial charge in [0, 0.05) is 16.7 Å². The minimum absolute atomic E-state index is 0.150. The lowest BCUT2D eigenvalue weighted by Gasteiger charge is -2.13. The van der Waals surface area contributed by atoms with Crippen LogP contribution in [0.1, 0.15) is 0 Å². The van der Waals surface area contributed by atoms with Gasteiger partial charge in [-0.2, -0.15) is 4.98 Å². The Morgan fingerprint density at radius 2 is 1.09 bits per heavy atom. The highest BCUT2D eigenvalue weighted by atomic mass is 16.5. The predicted molar refractivity (Wildman–Crippen MR) is 138 cm³/mol. The van der Waals surface area contributed by atoms with Gasteiger partial charge in [0.1, 0.15) is 5.69 Å². The first-order valence-electron chi connectivity index (χ1n) is 11.1. The van der Waals surface area contributed by atoms with Crippen LogP contribution in [0.25, 0.3) is 55.8 Å². The smallest absolute Gasteiger partial charge is 0.522 e. The molecular formula is C28H18BN4O2. The zero-order valence-corrected chi connectivity index (χ0v) is 18.5. The molecule has 0 atom stereocenters. The van der Waals surface area contributed by atoms with Crippen molar-refractivity contribution < 1.29 is 9.68 Å². The number of aromatic nitrogens is 4. The third kappa shape index (κ3) is 3.88. The molecule has 0 amide bonds. The van der Waals surface area contributed by atoms with Gasteiger partial charge in [0.15, 0.2) is 5.65 Å². The molecule has 0 saturated carbocycles. The van der Waals surface area contributed by atoms with E-state index in [0.29, 0.717) is 36.1 Å². The van der Waals surface area contributed by atoms with Crippen molar-refractivity contribution in [3.8, 4) is 39.7 Å². The van der Waals surface area contributed by atoms with E-state index in [-0.39, 0.29) is 5.88 Å². The summed E-state index contributed by atoms with van der Waals surface area (Å²) in [5.74, 6) is 0.150. The van der Waals surface area contributed by atoms with Gasteiger partial charge in [-0.05, 0) is 10.8 Å². The van der Waals surface area contributed by atoms with Gasteiger partial charge in [-0.3, -0.25) is 0 Å². The standard InChI is InChI=1S/C28H18BN4O2/c34-29-35-28-25(22-17-9-15-18-10-7-8-16-21(18)22)32-26-27(33-28)31-24(20-13-5-2-6-14-20)23(30-26)19-11-3-1-4-12-19/h1-17,34H. The van der Waals surface area contributed by atoms with Crippen LogP contribution in [0.3, 0.4) is 0 Å². The Hall–Kier alpha value is -4.62. The van der Waals surface area contributed by atoms with Crippen molar-refractivity contribution in [2.75, 3.05) is 0 Å². The number of hydrogen-bond acceptors (Lipinski definition) is 6. The molecular weight excluding hydrogens is 435 g/mol. The third-order valence-corrected chi connectivity index (χ3v) is 5.79. The summed E-state index contributed by atoms with van der Waals surface area (Å²) in [6.45, 7) is 0. The Morgan fingerprint density at radius 1 is 0.543 bits per heavy atom. The first kappa shape index (κ1) is 21.0. The number of nitrogens with zero attached hydrogens (tertiary/aromatic N) is 4. The van der Waals surface area contributed by atoms with Gasteiger partial charge in [0.25, 0.3) is 0 Å². The SMILES string of the molecule is O[B]Oc1nc2nc(-c3ccccc3)c(-c3ccccc3)nc2nc1-c1cccc2ccccc12. The Balaban J connectivity index is 1.65. The maximum atomic E-state index is 9.45. The van der Waals surface area contributed by atoms with Crippen molar-refractivity contribution in [2.24, 2.45) is 0 Å². The van der Waals surface area contributed by atoms with Gasteiger partial charge in [-0.25, -0.2) is 15.0 Å². The summed E-state index contributed by atoms with van der Waals surface area (Å²) in [5, 5.41) is 11.5. The van der Waals surface area contributed by atoms with Crippen molar-refractivity contribution in [1.29, 1.82) is 0 Å². The van der Waals surface area contributed by atoms with E-state index in [1.807, 2.05) is 103 Å². The minimum atomic E-state index is 0.150. The molecule has 0 unspecified atom stereocenters. The molecule has 0 aliphatic carbocycles. The van der Waals surface area contributed by atoms with Gasteiger partial charge in [0.05, 0.1) is 11.4 Å². The van der Waals surface area contributed by atoms with Gasteiger partial charge in [-0.15, -0.1) is 0 Å². The molecule has 0 aliphatic heterocycles. The fraction of sp³-hybridized carbons (Fsp3) is 0. The molecule has 6 rings (SSSR count). The monoisotopic (exact) mass is 453 g/mol. The van der Waals surface area contributed by atoms with Crippen LogP contribution < -0.4 is 4.65 Å². The lowest BCUT2D eigenvalue weighted by Crippen LogP contribution is -2.07. The van der Waals surface area contributed by atoms with Gasteiger partial charge in [0.2, 0.25) is 11.5 Å². The Morgan fingerprint density at radius 3 is 1.74 bits per heavy atom. The van der Waals surface area contributed by atoms with Crippen molar-refractivity contribution in [3.05, 3.63) is 103 Å². The second-order valence-corrected chi connectivity index (χ2v) is 7.93. The number of benzene rings is 4. The van der Waals surface area contributed by atoms with Gasteiger partial charge < -0.3 is 9.68 Å². The van der Waals surface area contributed by atoms with Crippen LogP contribution in [0.4, 0.5) is 0 Å². The summed E-state index contributed by atoms with van der Waals surface area (Å²) < 4.78 is 5.40. The summed E-state index contributed by atoms with van der Waals surface area (Å²) in [7, 11) is 0.606. The average molecular weight is 453 g/mol. The Labute approximate surface area is 202 Å². The van der Waals surface area contributed by atoms with Crippen LogP contribution in [0, 0.1) is 0 Å². The molecule has 0 aliphatic rings. The van der Waals surface area contributed by atoms with E-state index < -0.39 is 0 Å². The van der Waals surface area contributed by atoms with Crippen LogP contribution in [0.2, 0.25) is 0 Å². The number of rotatable bonds is 5. The van der Waals surface area contributed by atoms with Crippen molar-refractivity contribution in [2.45, 2.75) is 0 Å². The zero-order valence-electron chi connectivity index (χ0n) is 18.5. The Bertz CT molecular complexity index is 1660.